The van der Waals surface area contributed by atoms with Crippen molar-refractivity contribution in [2.45, 2.75) is 103 Å². The topological polar surface area (TPSA) is 328 Å². The van der Waals surface area contributed by atoms with Crippen molar-refractivity contribution in [1.82, 2.24) is 30.9 Å². The van der Waals surface area contributed by atoms with Crippen LogP contribution >= 0.6 is 0 Å². The standard InChI is InChI=1S/C70H82N12O9/c1-40-53(52-28-25-51(91-6)36-63(52)76-40)37-64(83)80-60(10-7-31-71)68(86)77-46-19-13-43(14-20-46)67(44-15-21-47(22-16-44)78-69(87)61(11-8-32-72)81-65(84)38-54-41(2)74-58-29-26-49(89-4)34-56(54)58)45-17-23-48(24-18-45)79-70(88)62(12-9-33-73)82-66(85)39-55-42(3)75-59-30-27-50(90-5)35-57(55)59/h13-30,34-36,60-62,67,74-76H,7-12,31-33,37-39,71-73H2,1-6H3,(H,77,86)(H,78,87)(H,79,88)(H,80,83)(H,81,84)(H,82,85)/t60-,61-,62+,67?/m0/s1. The molecule has 9 rings (SSSR count). The zero-order chi connectivity index (χ0) is 64.7. The van der Waals surface area contributed by atoms with Crippen LogP contribution < -0.4 is 63.3 Å². The quantitative estimate of drug-likeness (QED) is 0.0189. The number of benzene rings is 6. The highest BCUT2D eigenvalue weighted by atomic mass is 16.5. The number of anilines is 3. The number of fused-ring (bicyclic) bond motifs is 3. The predicted molar refractivity (Wildman–Crippen MR) is 357 cm³/mol. The number of hydrogen-bond donors (Lipinski definition) is 12. The summed E-state index contributed by atoms with van der Waals surface area (Å²) in [5.74, 6) is -0.551. The van der Waals surface area contributed by atoms with Crippen molar-refractivity contribution in [1.29, 1.82) is 0 Å². The summed E-state index contributed by atoms with van der Waals surface area (Å²) in [5, 5.41) is 20.5. The number of aromatic nitrogens is 3. The fourth-order valence-electron chi connectivity index (χ4n) is 11.7. The smallest absolute Gasteiger partial charge is 0.246 e. The third kappa shape index (κ3) is 16.3. The summed E-state index contributed by atoms with van der Waals surface area (Å²) in [6, 6.07) is 36.5. The zero-order valence-electron chi connectivity index (χ0n) is 52.3. The highest BCUT2D eigenvalue weighted by Gasteiger charge is 2.27. The molecule has 21 nitrogen and oxygen atoms in total. The Hall–Kier alpha value is -9.96. The zero-order valence-corrected chi connectivity index (χ0v) is 52.3. The Morgan fingerprint density at radius 1 is 0.396 bits per heavy atom. The first-order valence-corrected chi connectivity index (χ1v) is 30.7. The Kier molecular flexibility index (Phi) is 21.9. The van der Waals surface area contributed by atoms with E-state index >= 15 is 0 Å². The maximum absolute atomic E-state index is 14.1. The Morgan fingerprint density at radius 2 is 0.703 bits per heavy atom. The number of nitrogens with two attached hydrogens (primary N) is 3. The third-order valence-corrected chi connectivity index (χ3v) is 16.6. The molecule has 476 valence electrons. The highest BCUT2D eigenvalue weighted by molar-refractivity contribution is 6.01. The molecule has 0 aliphatic heterocycles. The Bertz CT molecular complexity index is 3870. The van der Waals surface area contributed by atoms with E-state index in [4.69, 9.17) is 31.4 Å². The molecule has 4 atom stereocenters. The summed E-state index contributed by atoms with van der Waals surface area (Å²) in [6.07, 6.45) is 2.57. The first-order valence-electron chi connectivity index (χ1n) is 30.7. The van der Waals surface area contributed by atoms with Crippen molar-refractivity contribution in [3.8, 4) is 17.2 Å². The van der Waals surface area contributed by atoms with Gasteiger partial charge in [0.2, 0.25) is 35.4 Å². The summed E-state index contributed by atoms with van der Waals surface area (Å²) in [4.78, 5) is 93.2. The molecule has 0 aliphatic carbocycles. The lowest BCUT2D eigenvalue weighted by molar-refractivity contribution is -0.126. The van der Waals surface area contributed by atoms with Crippen molar-refractivity contribution >= 4 is 85.2 Å². The number of carbonyl (C=O) groups excluding carboxylic acids is 6. The molecule has 0 bridgehead atoms. The molecule has 0 aliphatic rings. The molecule has 1 unspecified atom stereocenters. The predicted octanol–water partition coefficient (Wildman–Crippen LogP) is 8.48. The van der Waals surface area contributed by atoms with Gasteiger partial charge in [0.1, 0.15) is 35.4 Å². The maximum Gasteiger partial charge on any atom is 0.246 e. The van der Waals surface area contributed by atoms with E-state index in [1.807, 2.05) is 112 Å². The molecule has 0 saturated heterocycles. The van der Waals surface area contributed by atoms with Crippen molar-refractivity contribution in [3.63, 3.8) is 0 Å². The summed E-state index contributed by atoms with van der Waals surface area (Å²) in [7, 11) is 4.78. The lowest BCUT2D eigenvalue weighted by Crippen LogP contribution is -2.44. The number of nitrogens with one attached hydrogen (secondary N) is 9. The average molecular weight is 1240 g/mol. The maximum atomic E-state index is 14.1. The van der Waals surface area contributed by atoms with Crippen LogP contribution in [-0.4, -0.2) is 109 Å². The van der Waals surface area contributed by atoms with Gasteiger partial charge < -0.3 is 78.3 Å². The number of aromatic amines is 3. The number of amides is 6. The molecule has 6 amide bonds. The fourth-order valence-corrected chi connectivity index (χ4v) is 11.7. The lowest BCUT2D eigenvalue weighted by Gasteiger charge is -2.22. The minimum Gasteiger partial charge on any atom is -0.497 e. The van der Waals surface area contributed by atoms with Crippen LogP contribution in [0, 0.1) is 20.8 Å². The van der Waals surface area contributed by atoms with Crippen LogP contribution in [0.25, 0.3) is 32.7 Å². The van der Waals surface area contributed by atoms with Crippen LogP contribution in [0.4, 0.5) is 17.1 Å². The van der Waals surface area contributed by atoms with Crippen LogP contribution in [0.3, 0.4) is 0 Å². The number of aryl methyl sites for hydroxylation is 3. The molecule has 91 heavy (non-hydrogen) atoms. The number of ether oxygens (including phenoxy) is 3. The van der Waals surface area contributed by atoms with Gasteiger partial charge in [0, 0.05) is 78.8 Å². The second-order valence-corrected chi connectivity index (χ2v) is 22.9. The van der Waals surface area contributed by atoms with E-state index < -0.39 is 41.8 Å². The molecule has 9 aromatic rings. The number of methoxy groups -OCH3 is 3. The SMILES string of the molecule is COc1ccc2c(CC(=O)N[C@@H](CCCN)C(=O)Nc3ccc(C(c4ccc(NC(=O)[C@H](CCCN)NC(=O)Cc5c(C)[nH]c6ccc(OC)cc56)cc4)c4ccc(NC(=O)[C@@H](CCCN)NC(=O)Cc5c(C)[nH]c6ccc(OC)cc56)cc4)cc3)c(C)[nH]c2c1. The van der Waals surface area contributed by atoms with E-state index in [0.29, 0.717) is 92.5 Å². The van der Waals surface area contributed by atoms with E-state index in [1.54, 1.807) is 57.7 Å². The van der Waals surface area contributed by atoms with Gasteiger partial charge in [-0.25, -0.2) is 0 Å². The van der Waals surface area contributed by atoms with E-state index in [-0.39, 0.29) is 37.0 Å². The number of hydrogen-bond acceptors (Lipinski definition) is 12. The van der Waals surface area contributed by atoms with Gasteiger partial charge in [0.15, 0.2) is 0 Å². The van der Waals surface area contributed by atoms with E-state index in [0.717, 1.165) is 83.2 Å². The first kappa shape index (κ1) is 65.5. The van der Waals surface area contributed by atoms with Gasteiger partial charge in [-0.1, -0.05) is 36.4 Å². The van der Waals surface area contributed by atoms with Crippen LogP contribution in [0.1, 0.15) is 94.9 Å². The number of carbonyl (C=O) groups is 6. The summed E-state index contributed by atoms with van der Waals surface area (Å²) in [6.45, 7) is 6.70. The van der Waals surface area contributed by atoms with Gasteiger partial charge in [-0.15, -0.1) is 0 Å². The minimum absolute atomic E-state index is 0.0386. The Labute approximate surface area is 528 Å². The van der Waals surface area contributed by atoms with Crippen LogP contribution in [0.2, 0.25) is 0 Å². The first-order chi connectivity index (χ1) is 44.0. The monoisotopic (exact) mass is 1230 g/mol. The second-order valence-electron chi connectivity index (χ2n) is 22.9. The minimum atomic E-state index is -0.874. The Balaban J connectivity index is 0.930. The average Bonchev–Trinajstić information content (AvgIpc) is 1.81. The van der Waals surface area contributed by atoms with Gasteiger partial charge in [0.05, 0.1) is 40.6 Å². The molecule has 0 saturated carbocycles. The van der Waals surface area contributed by atoms with E-state index in [2.05, 4.69) is 46.9 Å². The highest BCUT2D eigenvalue weighted by Crippen LogP contribution is 2.35. The van der Waals surface area contributed by atoms with E-state index in [9.17, 15) is 28.8 Å². The van der Waals surface area contributed by atoms with Crippen LogP contribution in [0.5, 0.6) is 17.2 Å². The van der Waals surface area contributed by atoms with Gasteiger partial charge >= 0.3 is 0 Å². The number of H-pyrrole nitrogens is 3. The summed E-state index contributed by atoms with van der Waals surface area (Å²) in [5.41, 5.74) is 29.3. The molecular formula is C70H82N12O9. The van der Waals surface area contributed by atoms with Crippen molar-refractivity contribution in [2.24, 2.45) is 17.2 Å². The van der Waals surface area contributed by atoms with Crippen molar-refractivity contribution in [2.75, 3.05) is 56.9 Å². The molecule has 0 radical (unpaired) electrons. The summed E-state index contributed by atoms with van der Waals surface area (Å²) >= 11 is 0. The van der Waals surface area contributed by atoms with E-state index in [1.165, 1.54) is 0 Å². The fraction of sp³-hybridized carbons (Fsp3) is 0.314. The van der Waals surface area contributed by atoms with Gasteiger partial charge in [-0.05, 0) is 197 Å². The van der Waals surface area contributed by atoms with Crippen LogP contribution in [0.15, 0.2) is 127 Å². The Morgan fingerprint density at radius 3 is 1.03 bits per heavy atom. The molecule has 15 N–H and O–H groups in total. The summed E-state index contributed by atoms with van der Waals surface area (Å²) < 4.78 is 16.3. The molecule has 6 aromatic carbocycles. The normalized spacial score (nSPS) is 12.6. The van der Waals surface area contributed by atoms with Crippen molar-refractivity contribution in [3.05, 3.63) is 178 Å². The second kappa shape index (κ2) is 30.5. The molecule has 3 heterocycles. The molecule has 3 aromatic heterocycles. The molecule has 21 heteroatoms. The number of rotatable bonds is 30. The lowest BCUT2D eigenvalue weighted by atomic mass is 9.85. The van der Waals surface area contributed by atoms with Gasteiger partial charge in [0.25, 0.3) is 0 Å². The van der Waals surface area contributed by atoms with Gasteiger partial charge in [-0.3, -0.25) is 28.8 Å². The molecule has 0 fully saturated rings. The molecule has 0 spiro atoms. The van der Waals surface area contributed by atoms with Crippen molar-refractivity contribution < 1.29 is 43.0 Å². The van der Waals surface area contributed by atoms with Gasteiger partial charge in [-0.2, -0.15) is 0 Å². The third-order valence-electron chi connectivity index (χ3n) is 16.6. The molecular weight excluding hydrogens is 1150 g/mol. The largest absolute Gasteiger partial charge is 0.497 e. The van der Waals surface area contributed by atoms with Crippen LogP contribution in [-0.2, 0) is 48.0 Å².